The third-order valence-electron chi connectivity index (χ3n) is 10.0. The van der Waals surface area contributed by atoms with Crippen molar-refractivity contribution >= 4 is 28.8 Å². The molecule has 8 rings (SSSR count). The van der Waals surface area contributed by atoms with Crippen LogP contribution >= 0.6 is 22.7 Å². The summed E-state index contributed by atoms with van der Waals surface area (Å²) in [5.41, 5.74) is 15.2. The molecule has 2 atom stereocenters. The average molecular weight is 869 g/mol. The van der Waals surface area contributed by atoms with Gasteiger partial charge in [-0.1, -0.05) is 66.5 Å². The smallest absolute Gasteiger partial charge is 0.408 e. The second-order valence-corrected chi connectivity index (χ2v) is 18.4. The number of carbonyl (C=O) groups is 1. The lowest BCUT2D eigenvalue weighted by Crippen LogP contribution is -2.34. The molecule has 0 aliphatic heterocycles. The summed E-state index contributed by atoms with van der Waals surface area (Å²) in [5.74, 6) is 1.16. The van der Waals surface area contributed by atoms with Gasteiger partial charge >= 0.3 is 6.09 Å². The van der Waals surface area contributed by atoms with Crippen LogP contribution in [0.15, 0.2) is 72.8 Å². The molecule has 4 aromatic carbocycles. The van der Waals surface area contributed by atoms with Gasteiger partial charge in [0.1, 0.15) is 49.3 Å². The zero-order valence-electron chi connectivity index (χ0n) is 35.3. The van der Waals surface area contributed by atoms with Crippen LogP contribution in [0.2, 0.25) is 0 Å². The van der Waals surface area contributed by atoms with Crippen LogP contribution in [0, 0.1) is 22.7 Å². The van der Waals surface area contributed by atoms with Gasteiger partial charge < -0.3 is 25.3 Å². The number of ether oxygens (including phenoxy) is 3. The molecule has 3 N–H and O–H groups in total. The molecule has 0 fully saturated rings. The Morgan fingerprint density at radius 3 is 1.68 bits per heavy atom. The predicted molar refractivity (Wildman–Crippen MR) is 245 cm³/mol. The maximum Gasteiger partial charge on any atom is 0.408 e. The van der Waals surface area contributed by atoms with E-state index in [1.165, 1.54) is 39.4 Å². The molecule has 320 valence electrons. The number of benzene rings is 4. The molecule has 62 heavy (non-hydrogen) atoms. The Hall–Kier alpha value is -6.19. The summed E-state index contributed by atoms with van der Waals surface area (Å²) < 4.78 is 16.8. The maximum atomic E-state index is 12.3. The summed E-state index contributed by atoms with van der Waals surface area (Å²) in [6.45, 7) is 13.3. The van der Waals surface area contributed by atoms with E-state index in [-0.39, 0.29) is 31.7 Å². The van der Waals surface area contributed by atoms with E-state index >= 15 is 0 Å². The van der Waals surface area contributed by atoms with Crippen molar-refractivity contribution in [2.24, 2.45) is 5.73 Å². The zero-order chi connectivity index (χ0) is 43.4. The van der Waals surface area contributed by atoms with Crippen LogP contribution in [0.25, 0.3) is 42.3 Å². The lowest BCUT2D eigenvalue weighted by atomic mass is 10.0. The van der Waals surface area contributed by atoms with Crippen LogP contribution in [0.1, 0.15) is 114 Å². The molecule has 2 aromatic heterocycles. The van der Waals surface area contributed by atoms with E-state index in [4.69, 9.17) is 19.9 Å². The van der Waals surface area contributed by atoms with Crippen LogP contribution in [-0.2, 0) is 17.6 Å². The van der Waals surface area contributed by atoms with Crippen LogP contribution in [0.3, 0.4) is 0 Å². The average Bonchev–Trinajstić information content (AvgIpc) is 4.05. The number of amides is 1. The van der Waals surface area contributed by atoms with E-state index in [9.17, 15) is 15.3 Å². The summed E-state index contributed by atoms with van der Waals surface area (Å²) in [5, 5.41) is 42.8. The van der Waals surface area contributed by atoms with E-state index in [1.807, 2.05) is 103 Å². The molecule has 2 aliphatic rings. The summed E-state index contributed by atoms with van der Waals surface area (Å²) in [6.07, 6.45) is 3.18. The number of hydrogen-bond acceptors (Lipinski definition) is 13. The van der Waals surface area contributed by atoms with Gasteiger partial charge in [0.15, 0.2) is 0 Å². The lowest BCUT2D eigenvalue weighted by Gasteiger charge is -2.22. The summed E-state index contributed by atoms with van der Waals surface area (Å²) in [4.78, 5) is 12.3. The fraction of sp³-hybridized carbons (Fsp3) is 0.354. The van der Waals surface area contributed by atoms with Crippen LogP contribution in [0.5, 0.6) is 11.5 Å². The monoisotopic (exact) mass is 868 g/mol. The predicted octanol–water partition coefficient (Wildman–Crippen LogP) is 11.2. The van der Waals surface area contributed by atoms with Gasteiger partial charge in [0.2, 0.25) is 0 Å². The number of nitrogens with zero attached hydrogens (tertiary/aromatic N) is 6. The first-order valence-electron chi connectivity index (χ1n) is 20.3. The zero-order valence-corrected chi connectivity index (χ0v) is 36.9. The normalized spacial score (nSPS) is 15.0. The summed E-state index contributed by atoms with van der Waals surface area (Å²) in [6, 6.07) is 27.8. The lowest BCUT2D eigenvalue weighted by molar-refractivity contribution is 0.0503. The first-order valence-corrected chi connectivity index (χ1v) is 21.9. The molecule has 2 aliphatic carbocycles. The van der Waals surface area contributed by atoms with Gasteiger partial charge in [-0.25, -0.2) is 4.79 Å². The first kappa shape index (κ1) is 45.3. The summed E-state index contributed by atoms with van der Waals surface area (Å²) >= 11 is 3.01. The number of fused-ring (bicyclic) bond motifs is 2. The molecule has 2 heterocycles. The Morgan fingerprint density at radius 2 is 1.19 bits per heavy atom. The molecule has 0 saturated carbocycles. The van der Waals surface area contributed by atoms with Gasteiger partial charge in [-0.15, -0.1) is 20.4 Å². The molecule has 1 amide bonds. The largest absolute Gasteiger partial charge is 0.490 e. The molecule has 0 radical (unpaired) electrons. The quantitative estimate of drug-likeness (QED) is 0.141. The van der Waals surface area contributed by atoms with Gasteiger partial charge in [0.25, 0.3) is 0 Å². The minimum absolute atomic E-state index is 0. The molecule has 12 nitrogen and oxygen atoms in total. The number of nitrogens with one attached hydrogen (secondary N) is 1. The second kappa shape index (κ2) is 19.2. The highest BCUT2D eigenvalue weighted by Crippen LogP contribution is 2.42. The van der Waals surface area contributed by atoms with Gasteiger partial charge in [-0.2, -0.15) is 10.5 Å². The van der Waals surface area contributed by atoms with Crippen molar-refractivity contribution in [3.63, 3.8) is 0 Å². The highest BCUT2D eigenvalue weighted by atomic mass is 32.1. The number of alkyl carbamates (subject to hydrolysis) is 1. The summed E-state index contributed by atoms with van der Waals surface area (Å²) in [7, 11) is 0. The number of nitriles is 2. The minimum Gasteiger partial charge on any atom is -0.490 e. The number of carbonyl (C=O) groups excluding carboxylic acids is 1. The van der Waals surface area contributed by atoms with Gasteiger partial charge in [-0.3, -0.25) is 0 Å². The van der Waals surface area contributed by atoms with Crippen molar-refractivity contribution in [3.8, 4) is 65.9 Å². The first-order chi connectivity index (χ1) is 29.2. The van der Waals surface area contributed by atoms with Crippen molar-refractivity contribution in [1.29, 1.82) is 10.5 Å². The fourth-order valence-corrected chi connectivity index (χ4v) is 9.24. The van der Waals surface area contributed by atoms with E-state index in [2.05, 4.69) is 50.0 Å². The fourth-order valence-electron chi connectivity index (χ4n) is 7.45. The number of hydrogen-bond donors (Lipinski definition) is 2. The van der Waals surface area contributed by atoms with Gasteiger partial charge in [0, 0.05) is 28.3 Å². The van der Waals surface area contributed by atoms with Crippen molar-refractivity contribution in [2.45, 2.75) is 111 Å². The Balaban J connectivity index is 0.000000209. The van der Waals surface area contributed by atoms with E-state index in [0.717, 1.165) is 73.5 Å². The molecule has 0 saturated heterocycles. The van der Waals surface area contributed by atoms with Gasteiger partial charge in [0.05, 0.1) is 29.4 Å². The highest BCUT2D eigenvalue weighted by molar-refractivity contribution is 7.18. The molecule has 14 heteroatoms. The molecule has 0 bridgehead atoms. The van der Waals surface area contributed by atoms with Crippen molar-refractivity contribution in [1.82, 2.24) is 25.7 Å². The Labute approximate surface area is 371 Å². The van der Waals surface area contributed by atoms with E-state index in [0.29, 0.717) is 22.6 Å². The molecule has 0 spiro atoms. The van der Waals surface area contributed by atoms with Gasteiger partial charge in [-0.05, 0) is 133 Å². The van der Waals surface area contributed by atoms with E-state index in [1.54, 1.807) is 6.07 Å². The van der Waals surface area contributed by atoms with Crippen LogP contribution in [-0.4, -0.2) is 44.3 Å². The second-order valence-electron chi connectivity index (χ2n) is 16.4. The van der Waals surface area contributed by atoms with Crippen molar-refractivity contribution in [2.75, 3.05) is 0 Å². The maximum absolute atomic E-state index is 12.3. The van der Waals surface area contributed by atoms with Crippen molar-refractivity contribution in [3.05, 3.63) is 106 Å². The topological polar surface area (TPSA) is 182 Å². The molecular weight excluding hydrogens is 817 g/mol. The Bertz CT molecular complexity index is 2650. The molecular formula is C48H52N8O4S2. The highest BCUT2D eigenvalue weighted by Gasteiger charge is 2.29. The van der Waals surface area contributed by atoms with Crippen molar-refractivity contribution < 1.29 is 19.0 Å². The Kier molecular flexibility index (Phi) is 14.1. The number of nitrogens with two attached hydrogens (primary N) is 1. The van der Waals surface area contributed by atoms with E-state index < -0.39 is 11.7 Å². The SMILES string of the molecule is C.CC(C)Oc1ccc(-c2nnc(-c3cccc4c3CC[C@@H]4N)s2)cc1C#N.CC(C)Oc1ccc(-c2nnc(-c3cccc4c3CC[C@@H]4NC(=O)OC(C)(C)C)s2)cc1C#N. The van der Waals surface area contributed by atoms with Crippen LogP contribution < -0.4 is 20.5 Å². The third-order valence-corrected chi connectivity index (χ3v) is 12.0. The standard InChI is InChI=1S/C26H28N4O3S.C21H20N4OS.CH4/c1-15(2)32-22-12-9-16(13-17(22)14-27)23-29-30-24(34-23)20-8-6-7-19-18(20)10-11-21(19)28-25(31)33-26(3,4)5;1-12(2)26-19-9-6-13(10-14(19)11-22)20-24-25-21(27-20)17-5-3-4-16-15(17)7-8-18(16)23;/h6-9,12-13,15,21H,10-11H2,1-5H3,(H,28,31);3-6,9-10,12,18H,7-8,23H2,1-2H3;1H4/t21-;18-;/m00./s1. The molecule has 6 aromatic rings. The molecule has 0 unspecified atom stereocenters. The minimum atomic E-state index is -0.541. The Morgan fingerprint density at radius 1 is 0.726 bits per heavy atom. The number of aromatic nitrogens is 4. The third kappa shape index (κ3) is 10.3. The number of rotatable bonds is 9. The van der Waals surface area contributed by atoms with Crippen LogP contribution in [0.4, 0.5) is 4.79 Å².